The van der Waals surface area contributed by atoms with Gasteiger partial charge in [-0.3, -0.25) is 14.4 Å². The Morgan fingerprint density at radius 1 is 0.824 bits per heavy atom. The molecule has 0 radical (unpaired) electrons. The molecule has 0 aliphatic carbocycles. The van der Waals surface area contributed by atoms with Crippen molar-refractivity contribution in [3.05, 3.63) is 22.4 Å². The van der Waals surface area contributed by atoms with Gasteiger partial charge in [-0.05, 0) is 66.6 Å². The van der Waals surface area contributed by atoms with Gasteiger partial charge in [0.1, 0.15) is 5.82 Å². The molecule has 34 heavy (non-hydrogen) atoms. The van der Waals surface area contributed by atoms with Gasteiger partial charge in [0.15, 0.2) is 5.12 Å². The Hall–Kier alpha value is -1.21. The fourth-order valence-corrected chi connectivity index (χ4v) is 5.76. The highest BCUT2D eigenvalue weighted by Crippen LogP contribution is 2.38. The Morgan fingerprint density at radius 2 is 1.26 bits per heavy atom. The van der Waals surface area contributed by atoms with Crippen LogP contribution in [0.3, 0.4) is 0 Å². The van der Waals surface area contributed by atoms with E-state index in [1.807, 2.05) is 41.5 Å². The highest BCUT2D eigenvalue weighted by Gasteiger charge is 2.34. The third kappa shape index (κ3) is 8.18. The monoisotopic (exact) mass is 557 g/mol. The minimum Gasteiger partial charge on any atom is -0.287 e. The standard InChI is InChI=1S/C27H41BrFNO3S/c1-7-13-18(10-4)25(31)30(26(32)19(11-5)14-8-2)23-17-24(21(28)16-22(23)29)34-27(33)20(12-6)15-9-3/h16-20H,7-15H2,1-6H3. The average Bonchev–Trinajstić information content (AvgIpc) is 2.81. The molecule has 3 unspecified atom stereocenters. The molecule has 3 atom stereocenters. The SMILES string of the molecule is CCCC(CC)C(=O)Sc1cc(N(C(=O)C(CC)CCC)C(=O)C(CC)CCC)c(F)cc1Br. The number of anilines is 1. The fraction of sp³-hybridized carbons (Fsp3) is 0.667. The lowest BCUT2D eigenvalue weighted by Crippen LogP contribution is -2.44. The van der Waals surface area contributed by atoms with Crippen LogP contribution < -0.4 is 4.90 Å². The first kappa shape index (κ1) is 30.8. The number of carbonyl (C=O) groups is 3. The Balaban J connectivity index is 3.55. The minimum atomic E-state index is -0.649. The second-order valence-corrected chi connectivity index (χ2v) is 10.7. The Bertz CT molecular complexity index is 806. The maximum absolute atomic E-state index is 15.3. The third-order valence-electron chi connectivity index (χ3n) is 6.32. The molecule has 4 nitrogen and oxygen atoms in total. The number of hydrogen-bond acceptors (Lipinski definition) is 4. The van der Waals surface area contributed by atoms with E-state index in [0.717, 1.165) is 48.8 Å². The second kappa shape index (κ2) is 15.7. The van der Waals surface area contributed by atoms with E-state index >= 15 is 4.39 Å². The predicted molar refractivity (Wildman–Crippen MR) is 144 cm³/mol. The first-order chi connectivity index (χ1) is 16.2. The van der Waals surface area contributed by atoms with E-state index in [2.05, 4.69) is 15.9 Å². The summed E-state index contributed by atoms with van der Waals surface area (Å²) in [6, 6.07) is 2.76. The molecule has 1 aromatic rings. The lowest BCUT2D eigenvalue weighted by atomic mass is 9.95. The van der Waals surface area contributed by atoms with Gasteiger partial charge < -0.3 is 0 Å². The van der Waals surface area contributed by atoms with Crippen molar-refractivity contribution in [2.24, 2.45) is 17.8 Å². The highest BCUT2D eigenvalue weighted by molar-refractivity contribution is 9.10. The fourth-order valence-electron chi connectivity index (χ4n) is 4.21. The predicted octanol–water partition coefficient (Wildman–Crippen LogP) is 8.55. The second-order valence-electron chi connectivity index (χ2n) is 8.85. The molecule has 0 heterocycles. The van der Waals surface area contributed by atoms with Gasteiger partial charge in [0.2, 0.25) is 11.8 Å². The van der Waals surface area contributed by atoms with Crippen molar-refractivity contribution in [1.29, 1.82) is 0 Å². The van der Waals surface area contributed by atoms with Gasteiger partial charge in [-0.25, -0.2) is 9.29 Å². The normalized spacial score (nSPS) is 13.9. The van der Waals surface area contributed by atoms with Crippen LogP contribution in [-0.2, 0) is 14.4 Å². The van der Waals surface area contributed by atoms with Gasteiger partial charge in [0.25, 0.3) is 0 Å². The van der Waals surface area contributed by atoms with Crippen molar-refractivity contribution >= 4 is 50.3 Å². The molecule has 0 spiro atoms. The minimum absolute atomic E-state index is 0.0154. The zero-order valence-electron chi connectivity index (χ0n) is 21.6. The van der Waals surface area contributed by atoms with E-state index in [1.54, 1.807) is 0 Å². The van der Waals surface area contributed by atoms with Crippen LogP contribution in [0.25, 0.3) is 0 Å². The Morgan fingerprint density at radius 3 is 1.68 bits per heavy atom. The topological polar surface area (TPSA) is 54.5 Å². The van der Waals surface area contributed by atoms with E-state index in [-0.39, 0.29) is 40.4 Å². The molecule has 0 fully saturated rings. The molecular formula is C27H41BrFNO3S. The van der Waals surface area contributed by atoms with Gasteiger partial charge in [-0.15, -0.1) is 0 Å². The molecule has 1 rings (SSSR count). The summed E-state index contributed by atoms with van der Waals surface area (Å²) in [6.45, 7) is 11.9. The van der Waals surface area contributed by atoms with Crippen LogP contribution in [-0.4, -0.2) is 16.9 Å². The molecule has 0 aromatic heterocycles. The van der Waals surface area contributed by atoms with E-state index in [9.17, 15) is 14.4 Å². The van der Waals surface area contributed by atoms with Crippen molar-refractivity contribution < 1.29 is 18.8 Å². The Kier molecular flexibility index (Phi) is 14.2. The lowest BCUT2D eigenvalue weighted by Gasteiger charge is -2.29. The number of thioether (sulfide) groups is 1. The third-order valence-corrected chi connectivity index (χ3v) is 8.33. The molecule has 0 aliphatic heterocycles. The number of rotatable bonds is 14. The van der Waals surface area contributed by atoms with Crippen LogP contribution in [0.1, 0.15) is 99.3 Å². The van der Waals surface area contributed by atoms with E-state index < -0.39 is 5.82 Å². The van der Waals surface area contributed by atoms with Crippen molar-refractivity contribution in [2.45, 2.75) is 104 Å². The maximum Gasteiger partial charge on any atom is 0.236 e. The quantitative estimate of drug-likeness (QED) is 0.215. The van der Waals surface area contributed by atoms with Crippen LogP contribution in [0, 0.1) is 23.6 Å². The van der Waals surface area contributed by atoms with Gasteiger partial charge in [0, 0.05) is 27.1 Å². The smallest absolute Gasteiger partial charge is 0.236 e. The molecule has 0 bridgehead atoms. The van der Waals surface area contributed by atoms with Crippen LogP contribution in [0.2, 0.25) is 0 Å². The Labute approximate surface area is 217 Å². The first-order valence-electron chi connectivity index (χ1n) is 12.8. The summed E-state index contributed by atoms with van der Waals surface area (Å²) in [6.07, 6.45) is 6.46. The van der Waals surface area contributed by atoms with Crippen molar-refractivity contribution in [3.8, 4) is 0 Å². The number of hydrogen-bond donors (Lipinski definition) is 0. The van der Waals surface area contributed by atoms with Crippen LogP contribution in [0.4, 0.5) is 10.1 Å². The zero-order chi connectivity index (χ0) is 25.8. The molecule has 0 saturated heterocycles. The van der Waals surface area contributed by atoms with Crippen LogP contribution in [0.5, 0.6) is 0 Å². The van der Waals surface area contributed by atoms with Gasteiger partial charge in [-0.1, -0.05) is 72.6 Å². The summed E-state index contributed by atoms with van der Waals surface area (Å²) in [7, 11) is 0. The maximum atomic E-state index is 15.3. The average molecular weight is 559 g/mol. The summed E-state index contributed by atoms with van der Waals surface area (Å²) in [5.74, 6) is -2.16. The van der Waals surface area contributed by atoms with Gasteiger partial charge >= 0.3 is 0 Å². The van der Waals surface area contributed by atoms with Gasteiger partial charge in [-0.2, -0.15) is 0 Å². The van der Waals surface area contributed by atoms with Gasteiger partial charge in [0.05, 0.1) is 5.69 Å². The zero-order valence-corrected chi connectivity index (χ0v) is 24.0. The largest absolute Gasteiger partial charge is 0.287 e. The number of amides is 2. The molecule has 1 aromatic carbocycles. The molecule has 0 aliphatic rings. The molecule has 0 N–H and O–H groups in total. The van der Waals surface area contributed by atoms with Crippen LogP contribution >= 0.6 is 27.7 Å². The van der Waals surface area contributed by atoms with Crippen molar-refractivity contribution in [3.63, 3.8) is 0 Å². The van der Waals surface area contributed by atoms with Crippen LogP contribution in [0.15, 0.2) is 21.5 Å². The summed E-state index contributed by atoms with van der Waals surface area (Å²) < 4.78 is 15.8. The number of imide groups is 1. The van der Waals surface area contributed by atoms with E-state index in [0.29, 0.717) is 35.1 Å². The summed E-state index contributed by atoms with van der Waals surface area (Å²) in [4.78, 5) is 41.7. The van der Waals surface area contributed by atoms with Crippen molar-refractivity contribution in [2.75, 3.05) is 4.90 Å². The number of halogens is 2. The van der Waals surface area contributed by atoms with Crippen molar-refractivity contribution in [1.82, 2.24) is 0 Å². The molecule has 2 amide bonds. The number of benzene rings is 1. The highest BCUT2D eigenvalue weighted by atomic mass is 79.9. The first-order valence-corrected chi connectivity index (χ1v) is 14.4. The lowest BCUT2D eigenvalue weighted by molar-refractivity contribution is -0.131. The summed E-state index contributed by atoms with van der Waals surface area (Å²) >= 11 is 4.43. The summed E-state index contributed by atoms with van der Waals surface area (Å²) in [5.41, 5.74) is -0.0545. The molecule has 192 valence electrons. The number of carbonyl (C=O) groups excluding carboxylic acids is 3. The molecule has 7 heteroatoms. The van der Waals surface area contributed by atoms with E-state index in [4.69, 9.17) is 0 Å². The molecule has 0 saturated carbocycles. The van der Waals surface area contributed by atoms with E-state index in [1.165, 1.54) is 12.1 Å². The molecular weight excluding hydrogens is 517 g/mol. The number of nitrogens with zero attached hydrogens (tertiary/aromatic N) is 1. The summed E-state index contributed by atoms with van der Waals surface area (Å²) in [5, 5.41) is 0.0154.